The van der Waals surface area contributed by atoms with Crippen LogP contribution in [0.25, 0.3) is 0 Å². The molecule has 3 N–H and O–H groups in total. The Labute approximate surface area is 185 Å². The molecule has 168 valence electrons. The minimum absolute atomic E-state index is 0.268. The third-order valence-electron chi connectivity index (χ3n) is 8.79. The Bertz CT molecular complexity index is 798. The summed E-state index contributed by atoms with van der Waals surface area (Å²) in [6.45, 7) is 7.31. The fourth-order valence-electron chi connectivity index (χ4n) is 7.73. The van der Waals surface area contributed by atoms with Gasteiger partial charge in [-0.3, -0.25) is 4.79 Å². The maximum atomic E-state index is 12.7. The summed E-state index contributed by atoms with van der Waals surface area (Å²) in [7, 11) is 0. The molecule has 0 aromatic heterocycles. The van der Waals surface area contributed by atoms with Crippen LogP contribution in [0.1, 0.15) is 44.1 Å². The fourth-order valence-corrected chi connectivity index (χ4v) is 7.73. The lowest BCUT2D eigenvalue weighted by atomic mass is 9.49. The molecule has 0 spiro atoms. The Hall–Kier alpha value is -1.79. The highest BCUT2D eigenvalue weighted by Crippen LogP contribution is 2.59. The van der Waals surface area contributed by atoms with E-state index in [1.807, 2.05) is 6.07 Å². The first-order chi connectivity index (χ1) is 15.1. The molecule has 2 aliphatic heterocycles. The number of hydrogen-bond acceptors (Lipinski definition) is 3. The molecule has 4 saturated carbocycles. The highest BCUT2D eigenvalue weighted by atomic mass is 16.7. The molecule has 6 aliphatic rings. The van der Waals surface area contributed by atoms with Crippen LogP contribution < -0.4 is 24.6 Å². The average Bonchev–Trinajstić information content (AvgIpc) is 3.21. The molecule has 6 heteroatoms. The zero-order chi connectivity index (χ0) is 20.8. The summed E-state index contributed by atoms with van der Waals surface area (Å²) in [6, 6.07) is 6.29. The highest BCUT2D eigenvalue weighted by molar-refractivity contribution is 5.76. The van der Waals surface area contributed by atoms with Crippen LogP contribution in [0.5, 0.6) is 11.5 Å². The molecule has 7 rings (SSSR count). The molecule has 1 aromatic rings. The second-order valence-corrected chi connectivity index (χ2v) is 11.2. The molecule has 2 heterocycles. The summed E-state index contributed by atoms with van der Waals surface area (Å²) in [4.78, 5) is 15.8. The number of rotatable bonds is 6. The van der Waals surface area contributed by atoms with Gasteiger partial charge in [-0.25, -0.2) is 0 Å². The maximum Gasteiger partial charge on any atom is 0.275 e. The highest BCUT2D eigenvalue weighted by Gasteiger charge is 2.50. The van der Waals surface area contributed by atoms with Crippen molar-refractivity contribution in [2.45, 2.75) is 45.1 Å². The first-order valence-corrected chi connectivity index (χ1v) is 12.4. The summed E-state index contributed by atoms with van der Waals surface area (Å²) in [6.07, 6.45) is 8.51. The summed E-state index contributed by atoms with van der Waals surface area (Å²) in [5, 5.41) is 3.37. The quantitative estimate of drug-likeness (QED) is 0.601. The van der Waals surface area contributed by atoms with Gasteiger partial charge in [-0.1, -0.05) is 0 Å². The first-order valence-electron chi connectivity index (χ1n) is 12.4. The number of carbonyl (C=O) groups is 1. The molecule has 0 radical (unpaired) electrons. The monoisotopic (exact) mass is 427 g/mol. The average molecular weight is 428 g/mol. The standard InChI is InChI=1S/C25H35N3O3/c29-24(26-16-25-11-19-7-20(12-25)9-21(8-19)13-25)15-28-5-3-27(4-6-28)14-18-1-2-22-23(10-18)31-17-30-22/h1-2,10,19-21H,3-9,11-17H2,(H,26,29)/p+2. The molecule has 5 fully saturated rings. The molecule has 6 nitrogen and oxygen atoms in total. The third kappa shape index (κ3) is 4.17. The molecule has 0 atom stereocenters. The zero-order valence-corrected chi connectivity index (χ0v) is 18.6. The molecule has 0 unspecified atom stereocenters. The Balaban J connectivity index is 0.948. The maximum absolute atomic E-state index is 12.7. The summed E-state index contributed by atoms with van der Waals surface area (Å²) in [5.41, 5.74) is 1.74. The molecule has 1 amide bonds. The van der Waals surface area contributed by atoms with E-state index < -0.39 is 0 Å². The Morgan fingerprint density at radius 1 is 0.935 bits per heavy atom. The van der Waals surface area contributed by atoms with E-state index in [9.17, 15) is 4.79 Å². The van der Waals surface area contributed by atoms with Gasteiger partial charge in [-0.05, 0) is 79.9 Å². The van der Waals surface area contributed by atoms with Crippen molar-refractivity contribution < 1.29 is 24.1 Å². The van der Waals surface area contributed by atoms with Crippen LogP contribution in [0.4, 0.5) is 0 Å². The molecule has 4 bridgehead atoms. The molecular formula is C25H37N3O3+2. The second-order valence-electron chi connectivity index (χ2n) is 11.2. The van der Waals surface area contributed by atoms with Gasteiger partial charge in [0.1, 0.15) is 32.7 Å². The number of quaternary nitrogens is 2. The number of carbonyl (C=O) groups excluding carboxylic acids is 1. The number of benzene rings is 1. The van der Waals surface area contributed by atoms with E-state index in [-0.39, 0.29) is 5.91 Å². The number of amides is 1. The van der Waals surface area contributed by atoms with E-state index in [2.05, 4.69) is 17.4 Å². The van der Waals surface area contributed by atoms with Crippen molar-refractivity contribution in [1.29, 1.82) is 0 Å². The van der Waals surface area contributed by atoms with Crippen LogP contribution in [0.15, 0.2) is 18.2 Å². The third-order valence-corrected chi connectivity index (χ3v) is 8.79. The van der Waals surface area contributed by atoms with Gasteiger partial charge < -0.3 is 24.6 Å². The van der Waals surface area contributed by atoms with Crippen molar-refractivity contribution in [2.75, 3.05) is 46.1 Å². The van der Waals surface area contributed by atoms with Crippen molar-refractivity contribution in [3.63, 3.8) is 0 Å². The topological polar surface area (TPSA) is 56.4 Å². The summed E-state index contributed by atoms with van der Waals surface area (Å²) < 4.78 is 10.9. The van der Waals surface area contributed by atoms with Crippen molar-refractivity contribution in [2.24, 2.45) is 23.2 Å². The summed E-state index contributed by atoms with van der Waals surface area (Å²) in [5.74, 6) is 4.85. The van der Waals surface area contributed by atoms with Crippen molar-refractivity contribution in [3.05, 3.63) is 23.8 Å². The lowest BCUT2D eigenvalue weighted by molar-refractivity contribution is -1.02. The van der Waals surface area contributed by atoms with Gasteiger partial charge in [0.05, 0.1) is 0 Å². The Morgan fingerprint density at radius 2 is 1.58 bits per heavy atom. The largest absolute Gasteiger partial charge is 0.454 e. The summed E-state index contributed by atoms with van der Waals surface area (Å²) >= 11 is 0. The van der Waals surface area contributed by atoms with Gasteiger partial charge in [0, 0.05) is 12.1 Å². The Kier molecular flexibility index (Phi) is 5.10. The van der Waals surface area contributed by atoms with E-state index in [0.717, 1.165) is 68.5 Å². The molecule has 1 saturated heterocycles. The second kappa shape index (κ2) is 7.96. The van der Waals surface area contributed by atoms with Gasteiger partial charge in [0.2, 0.25) is 6.79 Å². The van der Waals surface area contributed by atoms with Gasteiger partial charge >= 0.3 is 0 Å². The van der Waals surface area contributed by atoms with Gasteiger partial charge in [-0.15, -0.1) is 0 Å². The van der Waals surface area contributed by atoms with Crippen molar-refractivity contribution in [3.8, 4) is 11.5 Å². The van der Waals surface area contributed by atoms with Crippen molar-refractivity contribution in [1.82, 2.24) is 5.32 Å². The number of nitrogens with one attached hydrogen (secondary N) is 3. The predicted molar refractivity (Wildman–Crippen MR) is 116 cm³/mol. The van der Waals surface area contributed by atoms with E-state index in [1.54, 1.807) is 4.90 Å². The van der Waals surface area contributed by atoms with Gasteiger partial charge in [0.15, 0.2) is 18.0 Å². The predicted octanol–water partition coefficient (Wildman–Crippen LogP) is 0.0313. The van der Waals surface area contributed by atoms with E-state index >= 15 is 0 Å². The fraction of sp³-hybridized carbons (Fsp3) is 0.720. The van der Waals surface area contributed by atoms with E-state index in [1.165, 1.54) is 49.0 Å². The number of ether oxygens (including phenoxy) is 2. The van der Waals surface area contributed by atoms with Crippen LogP contribution in [0.3, 0.4) is 0 Å². The first kappa shape index (κ1) is 19.9. The van der Waals surface area contributed by atoms with Gasteiger partial charge in [0.25, 0.3) is 5.91 Å². The number of piperazine rings is 1. The van der Waals surface area contributed by atoms with Crippen LogP contribution in [0.2, 0.25) is 0 Å². The molecular weight excluding hydrogens is 390 g/mol. The zero-order valence-electron chi connectivity index (χ0n) is 18.6. The molecule has 1 aromatic carbocycles. The van der Waals surface area contributed by atoms with Crippen LogP contribution >= 0.6 is 0 Å². The number of fused-ring (bicyclic) bond motifs is 1. The lowest BCUT2D eigenvalue weighted by Gasteiger charge is -2.56. The minimum atomic E-state index is 0.268. The van der Waals surface area contributed by atoms with Crippen molar-refractivity contribution >= 4 is 5.91 Å². The smallest absolute Gasteiger partial charge is 0.275 e. The van der Waals surface area contributed by atoms with Crippen LogP contribution in [0, 0.1) is 23.2 Å². The lowest BCUT2D eigenvalue weighted by Crippen LogP contribution is -3.28. The van der Waals surface area contributed by atoms with E-state index in [4.69, 9.17) is 9.47 Å². The van der Waals surface area contributed by atoms with Gasteiger partial charge in [-0.2, -0.15) is 0 Å². The Morgan fingerprint density at radius 3 is 2.29 bits per heavy atom. The normalized spacial score (nSPS) is 37.7. The molecule has 31 heavy (non-hydrogen) atoms. The minimum Gasteiger partial charge on any atom is -0.454 e. The number of hydrogen-bond donors (Lipinski definition) is 3. The van der Waals surface area contributed by atoms with Crippen LogP contribution in [-0.2, 0) is 11.3 Å². The van der Waals surface area contributed by atoms with E-state index in [0.29, 0.717) is 18.8 Å². The SMILES string of the molecule is O=C(C[NH+]1CC[NH+](Cc2ccc3c(c2)OCO3)CC1)NCC12CC3CC(CC(C3)C1)C2. The van der Waals surface area contributed by atoms with Crippen LogP contribution in [-0.4, -0.2) is 52.0 Å². The molecule has 4 aliphatic carbocycles.